The minimum Gasteiger partial charge on any atom is -0.491 e. The van der Waals surface area contributed by atoms with Gasteiger partial charge in [0, 0.05) is 61.5 Å². The van der Waals surface area contributed by atoms with E-state index in [4.69, 9.17) is 23.9 Å². The number of benzene rings is 1. The van der Waals surface area contributed by atoms with Crippen molar-refractivity contribution < 1.29 is 28.7 Å². The average molecular weight is 307 g/mol. The molecular formula is C16H27N3O2. The molecule has 21 heavy (non-hydrogen) atoms. The summed E-state index contributed by atoms with van der Waals surface area (Å²) in [6.45, 7) is -14.0. The van der Waals surface area contributed by atoms with Crippen LogP contribution >= 0.6 is 0 Å². The zero-order valence-electron chi connectivity index (χ0n) is 25.3. The Balaban J connectivity index is 2.03. The van der Waals surface area contributed by atoms with Crippen molar-refractivity contribution in [1.82, 2.24) is 10.2 Å². The summed E-state index contributed by atoms with van der Waals surface area (Å²) in [5, 5.41) is 1.72. The summed E-state index contributed by atoms with van der Waals surface area (Å²) >= 11 is 0. The Labute approximate surface area is 147 Å². The van der Waals surface area contributed by atoms with Crippen LogP contribution < -0.4 is 15.0 Å². The number of hydrogen-bond donors (Lipinski definition) is 1. The highest BCUT2D eigenvalue weighted by Gasteiger charge is 2.16. The molecule has 1 aromatic carbocycles. The molecule has 5 heteroatoms. The smallest absolute Gasteiger partial charge is 0.119 e. The molecule has 118 valence electrons. The summed E-state index contributed by atoms with van der Waals surface area (Å²) in [5.41, 5.74) is 0.642. The number of anilines is 1. The molecule has 0 bridgehead atoms. The van der Waals surface area contributed by atoms with Crippen LogP contribution in [0, 0.1) is 0 Å². The van der Waals surface area contributed by atoms with Gasteiger partial charge in [0.2, 0.25) is 0 Å². The Kier molecular flexibility index (Phi) is 2.42. The number of likely N-dealkylation sites (N-methyl/N-ethyl adjacent to an activating group) is 1. The van der Waals surface area contributed by atoms with Gasteiger partial charge in [-0.05, 0) is 31.2 Å². The number of hydrogen-bond acceptors (Lipinski definition) is 5. The van der Waals surface area contributed by atoms with Gasteiger partial charge in [-0.1, -0.05) is 0 Å². The van der Waals surface area contributed by atoms with Gasteiger partial charge >= 0.3 is 0 Å². The Morgan fingerprint density at radius 2 is 2.00 bits per heavy atom. The van der Waals surface area contributed by atoms with Crippen molar-refractivity contribution in [3.63, 3.8) is 0 Å². The third kappa shape index (κ3) is 5.19. The lowest BCUT2D eigenvalue weighted by atomic mass is 10.2. The van der Waals surface area contributed by atoms with Crippen molar-refractivity contribution in [2.24, 2.45) is 0 Å². The van der Waals surface area contributed by atoms with Gasteiger partial charge in [0.25, 0.3) is 0 Å². The van der Waals surface area contributed by atoms with Gasteiger partial charge in [-0.25, -0.2) is 0 Å². The standard InChI is InChI=1S/C16H27N3O2/c1-17-7-8-18-9-11-19(12-10-18)15-3-5-16(6-4-15)21-14-13-20-2/h3-6,17H,7-14H2,1-2H3/i1D3,2D3,7D2,8D2,13D2,14D2. The molecule has 0 unspecified atom stereocenters. The first kappa shape index (κ1) is 5.72. The van der Waals surface area contributed by atoms with Gasteiger partial charge in [-0.2, -0.15) is 0 Å². The Hall–Kier alpha value is -1.30. The van der Waals surface area contributed by atoms with E-state index in [9.17, 15) is 0 Å². The van der Waals surface area contributed by atoms with Crippen molar-refractivity contribution in [3.05, 3.63) is 24.3 Å². The minimum absolute atomic E-state index is 0.0860. The fraction of sp³-hybridized carbons (Fsp3) is 0.625. The van der Waals surface area contributed by atoms with Crippen LogP contribution in [0.2, 0.25) is 0 Å². The van der Waals surface area contributed by atoms with Gasteiger partial charge in [-0.15, -0.1) is 0 Å². The largest absolute Gasteiger partial charge is 0.491 e. The second-order valence-corrected chi connectivity index (χ2v) is 4.24. The van der Waals surface area contributed by atoms with Crippen LogP contribution in [0.25, 0.3) is 0 Å². The predicted molar refractivity (Wildman–Crippen MR) is 86.4 cm³/mol. The molecule has 1 saturated heterocycles. The normalized spacial score (nSPS) is 30.0. The molecule has 1 aliphatic heterocycles. The highest BCUT2D eigenvalue weighted by molar-refractivity contribution is 5.49. The van der Waals surface area contributed by atoms with E-state index in [1.54, 1.807) is 17.4 Å². The summed E-state index contributed by atoms with van der Waals surface area (Å²) in [5.74, 6) is -0.0873. The topological polar surface area (TPSA) is 37.0 Å². The predicted octanol–water partition coefficient (Wildman–Crippen LogP) is 1.05. The summed E-state index contributed by atoms with van der Waals surface area (Å²) < 4.78 is 114. The highest BCUT2D eigenvalue weighted by Crippen LogP contribution is 2.20. The number of rotatable bonds is 8. The lowest BCUT2D eigenvalue weighted by Gasteiger charge is -2.36. The molecule has 1 fully saturated rings. The van der Waals surface area contributed by atoms with E-state index in [0.29, 0.717) is 5.69 Å². The first-order valence-electron chi connectivity index (χ1n) is 13.3. The van der Waals surface area contributed by atoms with Gasteiger partial charge < -0.3 is 19.7 Å². The number of methoxy groups -OCH3 is 1. The van der Waals surface area contributed by atoms with Crippen LogP contribution in [-0.2, 0) is 4.74 Å². The Bertz CT molecular complexity index is 849. The van der Waals surface area contributed by atoms with Gasteiger partial charge in [0.05, 0.1) is 16.2 Å². The number of nitrogens with zero attached hydrogens (tertiary/aromatic N) is 2. The van der Waals surface area contributed by atoms with Crippen LogP contribution in [0.15, 0.2) is 24.3 Å². The molecule has 0 atom stereocenters. The SMILES string of the molecule is [2H]C([2H])([2H])NC([2H])([2H])C([2H])([2H])N1CCN(c2ccc(OC([2H])([2H])C([2H])([2H])OC([2H])([2H])[2H])cc2)CC1. The second kappa shape index (κ2) is 8.87. The van der Waals surface area contributed by atoms with Crippen LogP contribution in [0.4, 0.5) is 5.69 Å². The maximum Gasteiger partial charge on any atom is 0.119 e. The zero-order chi connectivity index (χ0) is 27.1. The summed E-state index contributed by atoms with van der Waals surface area (Å²) in [6.07, 6.45) is 0. The number of nitrogens with one attached hydrogen (secondary N) is 1. The lowest BCUT2D eigenvalue weighted by molar-refractivity contribution is 0.146. The van der Waals surface area contributed by atoms with Crippen molar-refractivity contribution in [3.8, 4) is 5.75 Å². The minimum atomic E-state index is -3.27. The van der Waals surface area contributed by atoms with Crippen LogP contribution in [0.3, 0.4) is 0 Å². The average Bonchev–Trinajstić information content (AvgIpc) is 2.64. The van der Waals surface area contributed by atoms with E-state index in [1.165, 1.54) is 17.0 Å². The van der Waals surface area contributed by atoms with Crippen molar-refractivity contribution in [1.29, 1.82) is 0 Å². The molecule has 0 aliphatic carbocycles. The quantitative estimate of drug-likeness (QED) is 0.777. The van der Waals surface area contributed by atoms with Crippen molar-refractivity contribution >= 4 is 5.69 Å². The fourth-order valence-electron chi connectivity index (χ4n) is 2.01. The molecule has 0 saturated carbocycles. The van der Waals surface area contributed by atoms with Crippen LogP contribution in [0.5, 0.6) is 5.75 Å². The van der Waals surface area contributed by atoms with E-state index in [0.717, 1.165) is 0 Å². The van der Waals surface area contributed by atoms with Gasteiger partial charge in [-0.3, -0.25) is 4.90 Å². The van der Waals surface area contributed by atoms with E-state index in [-0.39, 0.29) is 31.9 Å². The highest BCUT2D eigenvalue weighted by atomic mass is 16.5. The van der Waals surface area contributed by atoms with E-state index in [2.05, 4.69) is 4.74 Å². The fourth-order valence-corrected chi connectivity index (χ4v) is 2.01. The summed E-state index contributed by atoms with van der Waals surface area (Å²) in [7, 11) is -3.18. The van der Waals surface area contributed by atoms with Crippen LogP contribution in [0.1, 0.15) is 19.2 Å². The summed E-state index contributed by atoms with van der Waals surface area (Å²) in [4.78, 5) is 3.05. The van der Waals surface area contributed by atoms with E-state index < -0.39 is 40.1 Å². The Morgan fingerprint density at radius 3 is 2.71 bits per heavy atom. The maximum atomic E-state index is 8.15. The van der Waals surface area contributed by atoms with Gasteiger partial charge in [0.1, 0.15) is 12.3 Å². The van der Waals surface area contributed by atoms with Crippen molar-refractivity contribution in [2.45, 2.75) is 0 Å². The molecule has 1 aliphatic rings. The molecule has 0 amide bonds. The molecule has 1 heterocycles. The first-order chi connectivity index (χ1) is 15.6. The zero-order valence-corrected chi connectivity index (χ0v) is 11.3. The number of piperazine rings is 1. The third-order valence-corrected chi connectivity index (χ3v) is 3.02. The first-order valence-corrected chi connectivity index (χ1v) is 6.35. The second-order valence-electron chi connectivity index (χ2n) is 4.24. The third-order valence-electron chi connectivity index (χ3n) is 3.02. The van der Waals surface area contributed by atoms with Crippen molar-refractivity contribution in [2.75, 3.05) is 71.2 Å². The van der Waals surface area contributed by atoms with Gasteiger partial charge in [0.15, 0.2) is 0 Å². The molecule has 0 aromatic heterocycles. The van der Waals surface area contributed by atoms with E-state index >= 15 is 0 Å². The molecule has 5 nitrogen and oxygen atoms in total. The van der Waals surface area contributed by atoms with E-state index in [1.807, 2.05) is 4.90 Å². The summed E-state index contributed by atoms with van der Waals surface area (Å²) in [6, 6.07) is 5.79. The molecule has 2 rings (SSSR count). The molecule has 1 N–H and O–H groups in total. The van der Waals surface area contributed by atoms with Crippen LogP contribution in [-0.4, -0.2) is 71.2 Å². The molecule has 0 spiro atoms. The number of ether oxygens (including phenoxy) is 2. The monoisotopic (exact) mass is 307 g/mol. The molecular weight excluding hydrogens is 266 g/mol. The Morgan fingerprint density at radius 1 is 1.19 bits per heavy atom. The molecule has 1 aromatic rings. The lowest BCUT2D eigenvalue weighted by Crippen LogP contribution is -2.48. The maximum absolute atomic E-state index is 8.15. The molecule has 0 radical (unpaired) electrons.